The number of amides is 1. The van der Waals surface area contributed by atoms with Crippen LogP contribution in [-0.2, 0) is 12.8 Å². The number of aryl methyl sites for hydroxylation is 1. The van der Waals surface area contributed by atoms with Crippen molar-refractivity contribution in [3.05, 3.63) is 68.8 Å². The van der Waals surface area contributed by atoms with Gasteiger partial charge in [-0.1, -0.05) is 23.2 Å². The molecule has 1 saturated heterocycles. The van der Waals surface area contributed by atoms with E-state index in [1.165, 1.54) is 0 Å². The van der Waals surface area contributed by atoms with Gasteiger partial charge in [-0.15, -0.1) is 0 Å². The van der Waals surface area contributed by atoms with Crippen molar-refractivity contribution >= 4 is 45.8 Å². The van der Waals surface area contributed by atoms with Gasteiger partial charge in [0.15, 0.2) is 5.78 Å². The Labute approximate surface area is 201 Å². The monoisotopic (exact) mass is 480 g/mol. The number of pyridine rings is 1. The summed E-state index contributed by atoms with van der Waals surface area (Å²) in [7, 11) is 0. The molecule has 0 N–H and O–H groups in total. The molecule has 0 radical (unpaired) electrons. The minimum atomic E-state index is -0.569. The molecular formula is C26H22Cl2N2O3. The second-order valence-corrected chi connectivity index (χ2v) is 10.1. The summed E-state index contributed by atoms with van der Waals surface area (Å²) < 4.78 is 6.33. The Bertz CT molecular complexity index is 1330. The van der Waals surface area contributed by atoms with Crippen molar-refractivity contribution < 1.29 is 14.3 Å². The highest BCUT2D eigenvalue weighted by Gasteiger charge is 2.44. The Morgan fingerprint density at radius 1 is 1.03 bits per heavy atom. The number of likely N-dealkylation sites (tertiary alicyclic amines) is 1. The molecule has 3 aliphatic rings. The number of hydrogen-bond donors (Lipinski definition) is 0. The van der Waals surface area contributed by atoms with Crippen LogP contribution in [0.5, 0.6) is 5.75 Å². The number of carbonyl (C=O) groups excluding carboxylic acids is 2. The van der Waals surface area contributed by atoms with Gasteiger partial charge in [0.25, 0.3) is 5.91 Å². The Hall–Kier alpha value is -2.63. The number of rotatable bonds is 1. The van der Waals surface area contributed by atoms with Crippen LogP contribution in [0, 0.1) is 0 Å². The number of ether oxygens (including phenoxy) is 1. The molecule has 0 unspecified atom stereocenters. The third-order valence-corrected chi connectivity index (χ3v) is 7.67. The van der Waals surface area contributed by atoms with Gasteiger partial charge < -0.3 is 9.64 Å². The maximum atomic E-state index is 13.8. The van der Waals surface area contributed by atoms with Crippen molar-refractivity contribution in [3.8, 4) is 5.75 Å². The quantitative estimate of drug-likeness (QED) is 0.450. The number of nitrogens with zero attached hydrogens (tertiary/aromatic N) is 2. The van der Waals surface area contributed by atoms with Crippen LogP contribution in [0.1, 0.15) is 57.7 Å². The van der Waals surface area contributed by atoms with Gasteiger partial charge >= 0.3 is 0 Å². The fraction of sp³-hybridized carbons (Fsp3) is 0.346. The average Bonchev–Trinajstić information content (AvgIpc) is 3.26. The third kappa shape index (κ3) is 3.49. The van der Waals surface area contributed by atoms with Gasteiger partial charge in [-0.25, -0.2) is 0 Å². The second kappa shape index (κ2) is 7.71. The molecule has 2 aromatic carbocycles. The molecule has 168 valence electrons. The van der Waals surface area contributed by atoms with Gasteiger partial charge in [0, 0.05) is 47.1 Å². The van der Waals surface area contributed by atoms with Crippen LogP contribution in [0.25, 0.3) is 10.9 Å². The first-order valence-electron chi connectivity index (χ1n) is 11.3. The molecular weight excluding hydrogens is 459 g/mol. The first-order chi connectivity index (χ1) is 15.9. The maximum absolute atomic E-state index is 13.8. The third-order valence-electron chi connectivity index (χ3n) is 7.20. The van der Waals surface area contributed by atoms with Gasteiger partial charge in [-0.2, -0.15) is 0 Å². The van der Waals surface area contributed by atoms with Gasteiger partial charge in [0.05, 0.1) is 23.1 Å². The zero-order chi connectivity index (χ0) is 22.7. The van der Waals surface area contributed by atoms with E-state index in [9.17, 15) is 9.59 Å². The van der Waals surface area contributed by atoms with Crippen molar-refractivity contribution in [1.29, 1.82) is 0 Å². The summed E-state index contributed by atoms with van der Waals surface area (Å²) in [6.07, 6.45) is 4.30. The molecule has 1 spiro atoms. The first kappa shape index (κ1) is 20.9. The van der Waals surface area contributed by atoms with Gasteiger partial charge in [-0.05, 0) is 61.2 Å². The molecule has 7 heteroatoms. The topological polar surface area (TPSA) is 59.5 Å². The van der Waals surface area contributed by atoms with Crippen LogP contribution in [-0.4, -0.2) is 40.3 Å². The summed E-state index contributed by atoms with van der Waals surface area (Å²) in [6.45, 7) is 1.07. The van der Waals surface area contributed by atoms with Crippen LogP contribution in [0.3, 0.4) is 0 Å². The van der Waals surface area contributed by atoms with Crippen LogP contribution < -0.4 is 4.74 Å². The summed E-state index contributed by atoms with van der Waals surface area (Å²) in [6, 6.07) is 10.7. The van der Waals surface area contributed by atoms with E-state index in [1.54, 1.807) is 18.2 Å². The summed E-state index contributed by atoms with van der Waals surface area (Å²) in [5.41, 5.74) is 3.62. The number of fused-ring (bicyclic) bond motifs is 3. The number of hydrogen-bond acceptors (Lipinski definition) is 4. The minimum absolute atomic E-state index is 0.0204. The molecule has 0 bridgehead atoms. The highest BCUT2D eigenvalue weighted by atomic mass is 35.5. The summed E-state index contributed by atoms with van der Waals surface area (Å²) in [4.78, 5) is 33.3. The lowest BCUT2D eigenvalue weighted by Gasteiger charge is -2.44. The summed E-state index contributed by atoms with van der Waals surface area (Å²) in [5, 5.41) is 1.95. The zero-order valence-corrected chi connectivity index (χ0v) is 19.5. The van der Waals surface area contributed by atoms with E-state index in [0.717, 1.165) is 47.0 Å². The van der Waals surface area contributed by atoms with Crippen molar-refractivity contribution in [2.24, 2.45) is 0 Å². The number of halogens is 2. The molecule has 5 nitrogen and oxygen atoms in total. The summed E-state index contributed by atoms with van der Waals surface area (Å²) >= 11 is 12.3. The van der Waals surface area contributed by atoms with Gasteiger partial charge in [-0.3, -0.25) is 14.6 Å². The Kier molecular flexibility index (Phi) is 4.89. The molecule has 2 aliphatic heterocycles. The van der Waals surface area contributed by atoms with E-state index in [-0.39, 0.29) is 11.7 Å². The zero-order valence-electron chi connectivity index (χ0n) is 18.0. The van der Waals surface area contributed by atoms with Crippen LogP contribution in [0.2, 0.25) is 10.0 Å². The molecule has 1 fully saturated rings. The fourth-order valence-corrected chi connectivity index (χ4v) is 5.84. The van der Waals surface area contributed by atoms with Crippen molar-refractivity contribution in [2.75, 3.05) is 13.1 Å². The number of benzene rings is 2. The first-order valence-corrected chi connectivity index (χ1v) is 12.1. The van der Waals surface area contributed by atoms with Crippen LogP contribution in [0.15, 0.2) is 36.4 Å². The molecule has 33 heavy (non-hydrogen) atoms. The largest absolute Gasteiger partial charge is 0.486 e. The summed E-state index contributed by atoms with van der Waals surface area (Å²) in [5.74, 6) is 0.654. The van der Waals surface area contributed by atoms with Crippen molar-refractivity contribution in [3.63, 3.8) is 0 Å². The number of aromatic nitrogens is 1. The van der Waals surface area contributed by atoms with Crippen molar-refractivity contribution in [2.45, 2.75) is 44.1 Å². The molecule has 1 aromatic heterocycles. The molecule has 6 rings (SSSR count). The number of piperidine rings is 1. The second-order valence-electron chi connectivity index (χ2n) is 9.24. The average molecular weight is 481 g/mol. The standard InChI is InChI=1S/C26H22Cl2N2O3/c27-15-4-6-21-18(12-15)24(17-2-1-3-20(17)29-21)25(32)30-10-8-26(9-11-30)14-22(31)19-13-16(28)5-7-23(19)33-26/h4-7,12-13H,1-3,8-11,14H2. The highest BCUT2D eigenvalue weighted by molar-refractivity contribution is 6.31. The number of carbonyl (C=O) groups is 2. The predicted octanol–water partition coefficient (Wildman–Crippen LogP) is 5.67. The van der Waals surface area contributed by atoms with Gasteiger partial charge in [0.1, 0.15) is 11.4 Å². The number of Topliss-reactive ketones (excluding diaryl/α,β-unsaturated/α-hetero) is 1. The highest BCUT2D eigenvalue weighted by Crippen LogP contribution is 2.41. The van der Waals surface area contributed by atoms with Gasteiger partial charge in [0.2, 0.25) is 0 Å². The Morgan fingerprint density at radius 3 is 2.61 bits per heavy atom. The molecule has 3 heterocycles. The van der Waals surface area contributed by atoms with E-state index in [0.29, 0.717) is 53.7 Å². The normalized spacial score (nSPS) is 18.8. The molecule has 1 aliphatic carbocycles. The fourth-order valence-electron chi connectivity index (χ4n) is 5.50. The molecule has 3 aromatic rings. The molecule has 1 amide bonds. The van der Waals surface area contributed by atoms with E-state index < -0.39 is 5.60 Å². The Morgan fingerprint density at radius 2 is 1.79 bits per heavy atom. The lowest BCUT2D eigenvalue weighted by atomic mass is 9.82. The maximum Gasteiger partial charge on any atom is 0.254 e. The SMILES string of the molecule is O=C1CC2(CCN(C(=O)c3c4c(nc5ccc(Cl)cc35)CCC4)CC2)Oc2ccc(Cl)cc21. The van der Waals surface area contributed by atoms with Crippen LogP contribution >= 0.6 is 23.2 Å². The number of ketones is 1. The van der Waals surface area contributed by atoms with E-state index in [4.69, 9.17) is 32.9 Å². The molecule has 0 atom stereocenters. The molecule has 0 saturated carbocycles. The van der Waals surface area contributed by atoms with Crippen molar-refractivity contribution in [1.82, 2.24) is 9.88 Å². The van der Waals surface area contributed by atoms with E-state index in [1.807, 2.05) is 23.1 Å². The lowest BCUT2D eigenvalue weighted by molar-refractivity contribution is -0.00567. The lowest BCUT2D eigenvalue weighted by Crippen LogP contribution is -2.52. The minimum Gasteiger partial charge on any atom is -0.486 e. The van der Waals surface area contributed by atoms with Crippen LogP contribution in [0.4, 0.5) is 0 Å². The van der Waals surface area contributed by atoms with E-state index >= 15 is 0 Å². The Balaban J connectivity index is 1.29. The van der Waals surface area contributed by atoms with E-state index in [2.05, 4.69) is 0 Å². The smallest absolute Gasteiger partial charge is 0.254 e. The predicted molar refractivity (Wildman–Crippen MR) is 128 cm³/mol.